The second-order valence-corrected chi connectivity index (χ2v) is 10.2. The van der Waals surface area contributed by atoms with E-state index in [0.29, 0.717) is 28.6 Å². The molecule has 0 aromatic carbocycles. The van der Waals surface area contributed by atoms with Gasteiger partial charge in [-0.1, -0.05) is 5.21 Å². The van der Waals surface area contributed by atoms with Crippen LogP contribution in [0.2, 0.25) is 0 Å². The van der Waals surface area contributed by atoms with Gasteiger partial charge in [-0.15, -0.1) is 5.10 Å². The molecule has 40 heavy (non-hydrogen) atoms. The van der Waals surface area contributed by atoms with Crippen LogP contribution in [0.5, 0.6) is 5.75 Å². The Morgan fingerprint density at radius 1 is 1.12 bits per heavy atom. The number of aromatic nitrogens is 6. The molecule has 0 aliphatic carbocycles. The molecule has 0 saturated carbocycles. The van der Waals surface area contributed by atoms with Crippen molar-refractivity contribution in [2.45, 2.75) is 51.1 Å². The average molecular weight is 553 g/mol. The number of fused-ring (bicyclic) bond motifs is 1. The lowest BCUT2D eigenvalue weighted by Gasteiger charge is -2.45. The monoisotopic (exact) mass is 552 g/mol. The molecule has 2 fully saturated rings. The molecule has 10 nitrogen and oxygen atoms in total. The largest absolute Gasteiger partial charge is 0.484 e. The third kappa shape index (κ3) is 4.77. The number of nitriles is 1. The summed E-state index contributed by atoms with van der Waals surface area (Å²) >= 11 is 0. The van der Waals surface area contributed by atoms with Gasteiger partial charge in [0.2, 0.25) is 0 Å². The first kappa shape index (κ1) is 26.2. The van der Waals surface area contributed by atoms with Gasteiger partial charge in [0.15, 0.2) is 0 Å². The number of alkyl halides is 3. The van der Waals surface area contributed by atoms with Crippen molar-refractivity contribution >= 4 is 5.52 Å². The lowest BCUT2D eigenvalue weighted by molar-refractivity contribution is -0.137. The third-order valence-corrected chi connectivity index (χ3v) is 7.70. The number of halogens is 3. The standard InChI is InChI=1S/C27H27F3N8O2/c1-16-25(34-35-38(16)23-14-36(15-23)22-3-5-39-6-4-22)19-8-24(26-20(9-31)11-33-37(26)13-19)40-17(2)18-7-21(12-32-10-18)27(28,29)30/h7-8,10-13,17,22-23H,3-6,14-15H2,1-2H3/t17-/m1/s1. The molecule has 208 valence electrons. The van der Waals surface area contributed by atoms with Gasteiger partial charge in [0, 0.05) is 62.1 Å². The van der Waals surface area contributed by atoms with E-state index in [1.54, 1.807) is 19.2 Å². The highest BCUT2D eigenvalue weighted by Crippen LogP contribution is 2.36. The van der Waals surface area contributed by atoms with Gasteiger partial charge in [0.05, 0.1) is 23.5 Å². The molecule has 2 saturated heterocycles. The molecular weight excluding hydrogens is 525 g/mol. The number of hydrogen-bond donors (Lipinski definition) is 0. The topological polar surface area (TPSA) is 106 Å². The lowest BCUT2D eigenvalue weighted by Crippen LogP contribution is -2.54. The zero-order chi connectivity index (χ0) is 28.0. The highest BCUT2D eigenvalue weighted by atomic mass is 19.4. The van der Waals surface area contributed by atoms with Crippen LogP contribution < -0.4 is 4.74 Å². The Hall–Kier alpha value is -4.02. The summed E-state index contributed by atoms with van der Waals surface area (Å²) in [6.45, 7) is 6.98. The summed E-state index contributed by atoms with van der Waals surface area (Å²) in [5, 5.41) is 22.8. The number of nitrogens with zero attached hydrogens (tertiary/aromatic N) is 8. The van der Waals surface area contributed by atoms with Crippen LogP contribution in [-0.2, 0) is 10.9 Å². The Balaban J connectivity index is 1.29. The molecular formula is C27H27F3N8O2. The SMILES string of the molecule is Cc1c(-c2cc(O[C@H](C)c3cncc(C(F)(F)F)c3)c3c(C#N)cnn3c2)nnn1C1CN(C2CCOCC2)C1. The zero-order valence-electron chi connectivity index (χ0n) is 22.0. The molecule has 13 heteroatoms. The second-order valence-electron chi connectivity index (χ2n) is 10.2. The molecule has 2 aliphatic rings. The number of ether oxygens (including phenoxy) is 2. The van der Waals surface area contributed by atoms with Gasteiger partial charge in [-0.2, -0.15) is 23.5 Å². The Labute approximate surface area is 227 Å². The van der Waals surface area contributed by atoms with Crippen LogP contribution in [0.15, 0.2) is 36.9 Å². The molecule has 2 aliphatic heterocycles. The van der Waals surface area contributed by atoms with Crippen molar-refractivity contribution in [1.82, 2.24) is 34.5 Å². The van der Waals surface area contributed by atoms with Crippen molar-refractivity contribution in [1.29, 1.82) is 5.26 Å². The fourth-order valence-corrected chi connectivity index (χ4v) is 5.42. The molecule has 0 spiro atoms. The predicted octanol–water partition coefficient (Wildman–Crippen LogP) is 4.36. The van der Waals surface area contributed by atoms with E-state index < -0.39 is 17.8 Å². The molecule has 0 N–H and O–H groups in total. The maximum Gasteiger partial charge on any atom is 0.417 e. The summed E-state index contributed by atoms with van der Waals surface area (Å²) in [7, 11) is 0. The normalized spacial score (nSPS) is 18.0. The third-order valence-electron chi connectivity index (χ3n) is 7.70. The number of hydrogen-bond acceptors (Lipinski definition) is 8. The molecule has 6 rings (SSSR count). The summed E-state index contributed by atoms with van der Waals surface area (Å²) in [5.41, 5.74) is 2.25. The van der Waals surface area contributed by atoms with Crippen LogP contribution in [0.1, 0.15) is 54.3 Å². The number of likely N-dealkylation sites (tertiary alicyclic amines) is 1. The van der Waals surface area contributed by atoms with Gasteiger partial charge in [-0.05, 0) is 38.8 Å². The van der Waals surface area contributed by atoms with Crippen molar-refractivity contribution in [3.05, 3.63) is 59.3 Å². The van der Waals surface area contributed by atoms with Crippen LogP contribution in [0, 0.1) is 18.3 Å². The van der Waals surface area contributed by atoms with Crippen molar-refractivity contribution in [3.8, 4) is 23.1 Å². The number of rotatable bonds is 6. The first-order chi connectivity index (χ1) is 19.2. The molecule has 4 aromatic rings. The molecule has 0 radical (unpaired) electrons. The Kier molecular flexibility index (Phi) is 6.67. The molecule has 1 atom stereocenters. The quantitative estimate of drug-likeness (QED) is 0.347. The van der Waals surface area contributed by atoms with Gasteiger partial charge < -0.3 is 9.47 Å². The van der Waals surface area contributed by atoms with E-state index in [1.807, 2.05) is 11.6 Å². The van der Waals surface area contributed by atoms with Crippen molar-refractivity contribution in [2.75, 3.05) is 26.3 Å². The molecule has 0 amide bonds. The average Bonchev–Trinajstić information content (AvgIpc) is 3.51. The van der Waals surface area contributed by atoms with Crippen molar-refractivity contribution in [2.24, 2.45) is 0 Å². The second kappa shape index (κ2) is 10.2. The highest BCUT2D eigenvalue weighted by molar-refractivity contribution is 5.74. The smallest absolute Gasteiger partial charge is 0.417 e. The Bertz CT molecular complexity index is 1580. The fraction of sp³-hybridized carbons (Fsp3) is 0.444. The summed E-state index contributed by atoms with van der Waals surface area (Å²) < 4.78 is 54.9. The maximum atomic E-state index is 13.3. The van der Waals surface area contributed by atoms with E-state index in [4.69, 9.17) is 9.47 Å². The first-order valence-corrected chi connectivity index (χ1v) is 13.1. The van der Waals surface area contributed by atoms with E-state index in [2.05, 4.69) is 31.4 Å². The summed E-state index contributed by atoms with van der Waals surface area (Å²) in [5.74, 6) is 0.291. The maximum absolute atomic E-state index is 13.3. The van der Waals surface area contributed by atoms with Crippen LogP contribution in [0.25, 0.3) is 16.8 Å². The molecule has 6 heterocycles. The van der Waals surface area contributed by atoms with E-state index in [1.165, 1.54) is 16.9 Å². The first-order valence-electron chi connectivity index (χ1n) is 13.1. The minimum absolute atomic E-state index is 0.215. The van der Waals surface area contributed by atoms with Crippen LogP contribution in [-0.4, -0.2) is 66.8 Å². The highest BCUT2D eigenvalue weighted by Gasteiger charge is 2.36. The Morgan fingerprint density at radius 2 is 1.90 bits per heavy atom. The van der Waals surface area contributed by atoms with E-state index in [0.717, 1.165) is 57.1 Å². The van der Waals surface area contributed by atoms with Gasteiger partial charge >= 0.3 is 6.18 Å². The minimum atomic E-state index is -4.53. The fourth-order valence-electron chi connectivity index (χ4n) is 5.42. The van der Waals surface area contributed by atoms with Crippen LogP contribution in [0.4, 0.5) is 13.2 Å². The molecule has 0 bridgehead atoms. The lowest BCUT2D eigenvalue weighted by atomic mass is 9.99. The van der Waals surface area contributed by atoms with Gasteiger partial charge in [-0.3, -0.25) is 9.88 Å². The predicted molar refractivity (Wildman–Crippen MR) is 136 cm³/mol. The summed E-state index contributed by atoms with van der Waals surface area (Å²) in [6.07, 6.45) is 2.04. The van der Waals surface area contributed by atoms with Gasteiger partial charge in [0.25, 0.3) is 0 Å². The van der Waals surface area contributed by atoms with Crippen molar-refractivity contribution in [3.63, 3.8) is 0 Å². The van der Waals surface area contributed by atoms with E-state index in [-0.39, 0.29) is 17.2 Å². The Morgan fingerprint density at radius 3 is 2.62 bits per heavy atom. The van der Waals surface area contributed by atoms with Gasteiger partial charge in [0.1, 0.15) is 34.7 Å². The van der Waals surface area contributed by atoms with Crippen molar-refractivity contribution < 1.29 is 22.6 Å². The van der Waals surface area contributed by atoms with Gasteiger partial charge in [-0.25, -0.2) is 9.20 Å². The minimum Gasteiger partial charge on any atom is -0.484 e. The zero-order valence-corrected chi connectivity index (χ0v) is 22.0. The summed E-state index contributed by atoms with van der Waals surface area (Å²) in [6, 6.07) is 5.59. The van der Waals surface area contributed by atoms with E-state index >= 15 is 0 Å². The van der Waals surface area contributed by atoms with Crippen LogP contribution in [0.3, 0.4) is 0 Å². The number of pyridine rings is 2. The summed E-state index contributed by atoms with van der Waals surface area (Å²) in [4.78, 5) is 6.21. The van der Waals surface area contributed by atoms with E-state index in [9.17, 15) is 18.4 Å². The molecule has 0 unspecified atom stereocenters. The molecule has 4 aromatic heterocycles. The van der Waals surface area contributed by atoms with Crippen LogP contribution >= 0.6 is 0 Å².